The second-order valence-electron chi connectivity index (χ2n) is 5.51. The lowest BCUT2D eigenvalue weighted by Gasteiger charge is -2.28. The molecule has 0 spiro atoms. The quantitative estimate of drug-likeness (QED) is 0.659. The Hall–Kier alpha value is -1.98. The van der Waals surface area contributed by atoms with Crippen LogP contribution in [0.3, 0.4) is 0 Å². The molecule has 2 N–H and O–H groups in total. The fourth-order valence-electron chi connectivity index (χ4n) is 2.36. The number of hydrogen-bond donors (Lipinski definition) is 2. The van der Waals surface area contributed by atoms with Gasteiger partial charge in [0.1, 0.15) is 18.3 Å². The summed E-state index contributed by atoms with van der Waals surface area (Å²) in [5, 5.41) is 19.4. The van der Waals surface area contributed by atoms with Gasteiger partial charge in [-0.3, -0.25) is 0 Å². The van der Waals surface area contributed by atoms with Crippen molar-refractivity contribution < 1.29 is 19.7 Å². The van der Waals surface area contributed by atoms with Crippen LogP contribution in [0.1, 0.15) is 11.1 Å². The molecule has 0 saturated carbocycles. The van der Waals surface area contributed by atoms with E-state index in [2.05, 4.69) is 6.58 Å². The minimum Gasteiger partial charge on any atom is -0.394 e. The van der Waals surface area contributed by atoms with Crippen LogP contribution in [0.25, 0.3) is 0 Å². The Morgan fingerprint density at radius 3 is 1.83 bits per heavy atom. The Balaban J connectivity index is 1.99. The van der Waals surface area contributed by atoms with E-state index in [1.54, 1.807) is 6.08 Å². The van der Waals surface area contributed by atoms with E-state index in [-0.39, 0.29) is 0 Å². The van der Waals surface area contributed by atoms with Gasteiger partial charge < -0.3 is 19.7 Å². The number of ether oxygens (including phenoxy) is 2. The van der Waals surface area contributed by atoms with Crippen molar-refractivity contribution in [1.82, 2.24) is 0 Å². The summed E-state index contributed by atoms with van der Waals surface area (Å²) in [5.74, 6) is 0. The molecule has 2 rings (SSSR count). The number of aliphatic hydroxyl groups excluding tert-OH is 2. The molecule has 24 heavy (non-hydrogen) atoms. The molecule has 0 bridgehead atoms. The van der Waals surface area contributed by atoms with E-state index in [1.165, 1.54) is 0 Å². The number of benzene rings is 2. The van der Waals surface area contributed by atoms with Crippen LogP contribution in [-0.4, -0.2) is 35.1 Å². The molecular formula is C20H24O4. The topological polar surface area (TPSA) is 58.9 Å². The van der Waals surface area contributed by atoms with E-state index in [9.17, 15) is 10.2 Å². The number of hydrogen-bond acceptors (Lipinski definition) is 4. The van der Waals surface area contributed by atoms with Crippen molar-refractivity contribution in [3.05, 3.63) is 84.4 Å². The number of aliphatic hydroxyl groups is 2. The molecule has 0 unspecified atom stereocenters. The standard InChI is InChI=1S/C20H24O4/c1-2-19(23-14-16-9-5-3-6-10-16)20(18(22)13-21)24-15-17-11-7-4-8-12-17/h2-12,18-22H,1,13-15H2/t18-,19+,20-/m1/s1. The van der Waals surface area contributed by atoms with Gasteiger partial charge in [-0.15, -0.1) is 6.58 Å². The second kappa shape index (κ2) is 10.0. The highest BCUT2D eigenvalue weighted by molar-refractivity contribution is 5.14. The molecule has 4 heteroatoms. The monoisotopic (exact) mass is 328 g/mol. The summed E-state index contributed by atoms with van der Waals surface area (Å²) in [4.78, 5) is 0. The zero-order valence-electron chi connectivity index (χ0n) is 13.6. The molecule has 0 aliphatic rings. The van der Waals surface area contributed by atoms with Crippen LogP contribution in [0.15, 0.2) is 73.3 Å². The SMILES string of the molecule is C=C[C@H](OCc1ccccc1)[C@H](OCc1ccccc1)[C@H](O)CO. The van der Waals surface area contributed by atoms with E-state index in [1.807, 2.05) is 60.7 Å². The van der Waals surface area contributed by atoms with E-state index < -0.39 is 24.9 Å². The maximum absolute atomic E-state index is 10.1. The zero-order chi connectivity index (χ0) is 17.2. The summed E-state index contributed by atoms with van der Waals surface area (Å²) >= 11 is 0. The molecule has 0 aromatic heterocycles. The summed E-state index contributed by atoms with van der Waals surface area (Å²) < 4.78 is 11.7. The van der Waals surface area contributed by atoms with E-state index in [0.717, 1.165) is 11.1 Å². The van der Waals surface area contributed by atoms with E-state index in [4.69, 9.17) is 9.47 Å². The van der Waals surface area contributed by atoms with Gasteiger partial charge in [-0.1, -0.05) is 66.7 Å². The van der Waals surface area contributed by atoms with Gasteiger partial charge in [0, 0.05) is 0 Å². The molecule has 0 heterocycles. The fraction of sp³-hybridized carbons (Fsp3) is 0.300. The lowest BCUT2D eigenvalue weighted by Crippen LogP contribution is -2.42. The van der Waals surface area contributed by atoms with Gasteiger partial charge in [0.05, 0.1) is 19.8 Å². The van der Waals surface area contributed by atoms with Gasteiger partial charge in [-0.2, -0.15) is 0 Å². The van der Waals surface area contributed by atoms with Crippen LogP contribution in [0.5, 0.6) is 0 Å². The molecule has 3 atom stereocenters. The van der Waals surface area contributed by atoms with Gasteiger partial charge in [-0.25, -0.2) is 0 Å². The van der Waals surface area contributed by atoms with Crippen molar-refractivity contribution >= 4 is 0 Å². The maximum atomic E-state index is 10.1. The fourth-order valence-corrected chi connectivity index (χ4v) is 2.36. The largest absolute Gasteiger partial charge is 0.394 e. The van der Waals surface area contributed by atoms with Crippen LogP contribution in [-0.2, 0) is 22.7 Å². The third-order valence-electron chi connectivity index (χ3n) is 3.69. The summed E-state index contributed by atoms with van der Waals surface area (Å²) in [6.45, 7) is 4.06. The van der Waals surface area contributed by atoms with Gasteiger partial charge in [0.15, 0.2) is 0 Å². The molecule has 0 fully saturated rings. The Morgan fingerprint density at radius 1 is 0.875 bits per heavy atom. The van der Waals surface area contributed by atoms with Gasteiger partial charge >= 0.3 is 0 Å². The zero-order valence-corrected chi connectivity index (χ0v) is 13.6. The van der Waals surface area contributed by atoms with Crippen LogP contribution in [0.2, 0.25) is 0 Å². The van der Waals surface area contributed by atoms with Gasteiger partial charge in [0.25, 0.3) is 0 Å². The minimum atomic E-state index is -1.05. The second-order valence-corrected chi connectivity index (χ2v) is 5.51. The highest BCUT2D eigenvalue weighted by Crippen LogP contribution is 2.15. The van der Waals surface area contributed by atoms with Crippen molar-refractivity contribution in [2.24, 2.45) is 0 Å². The Morgan fingerprint density at radius 2 is 1.38 bits per heavy atom. The predicted octanol–water partition coefficient (Wildman–Crippen LogP) is 2.70. The molecule has 128 valence electrons. The molecule has 0 amide bonds. The first-order valence-electron chi connectivity index (χ1n) is 7.97. The van der Waals surface area contributed by atoms with Gasteiger partial charge in [-0.05, 0) is 11.1 Å². The van der Waals surface area contributed by atoms with Crippen molar-refractivity contribution in [3.8, 4) is 0 Å². The van der Waals surface area contributed by atoms with Crippen molar-refractivity contribution in [3.63, 3.8) is 0 Å². The van der Waals surface area contributed by atoms with Crippen LogP contribution < -0.4 is 0 Å². The molecule has 0 aliphatic carbocycles. The minimum absolute atomic E-state index is 0.321. The summed E-state index contributed by atoms with van der Waals surface area (Å²) in [7, 11) is 0. The normalized spacial score (nSPS) is 14.8. The Kier molecular flexibility index (Phi) is 7.65. The average molecular weight is 328 g/mol. The smallest absolute Gasteiger partial charge is 0.116 e. The predicted molar refractivity (Wildman–Crippen MR) is 93.3 cm³/mol. The summed E-state index contributed by atoms with van der Waals surface area (Å²) in [6.07, 6.45) is -0.683. The first-order chi connectivity index (χ1) is 11.7. The van der Waals surface area contributed by atoms with Gasteiger partial charge in [0.2, 0.25) is 0 Å². The van der Waals surface area contributed by atoms with Crippen LogP contribution >= 0.6 is 0 Å². The van der Waals surface area contributed by atoms with E-state index >= 15 is 0 Å². The third kappa shape index (κ3) is 5.58. The van der Waals surface area contributed by atoms with Crippen molar-refractivity contribution in [2.45, 2.75) is 31.5 Å². The first-order valence-corrected chi connectivity index (χ1v) is 7.97. The highest BCUT2D eigenvalue weighted by Gasteiger charge is 2.28. The molecule has 0 aliphatic heterocycles. The molecular weight excluding hydrogens is 304 g/mol. The van der Waals surface area contributed by atoms with Crippen molar-refractivity contribution in [2.75, 3.05) is 6.61 Å². The van der Waals surface area contributed by atoms with Crippen molar-refractivity contribution in [1.29, 1.82) is 0 Å². The molecule has 4 nitrogen and oxygen atoms in total. The highest BCUT2D eigenvalue weighted by atomic mass is 16.5. The molecule has 0 radical (unpaired) electrons. The number of rotatable bonds is 10. The Labute approximate surface area is 143 Å². The summed E-state index contributed by atoms with van der Waals surface area (Å²) in [6, 6.07) is 19.4. The lowest BCUT2D eigenvalue weighted by molar-refractivity contribution is -0.126. The van der Waals surface area contributed by atoms with Crippen LogP contribution in [0.4, 0.5) is 0 Å². The maximum Gasteiger partial charge on any atom is 0.116 e. The van der Waals surface area contributed by atoms with E-state index in [0.29, 0.717) is 13.2 Å². The molecule has 2 aromatic rings. The summed E-state index contributed by atoms with van der Waals surface area (Å²) in [5.41, 5.74) is 2.00. The average Bonchev–Trinajstić information content (AvgIpc) is 2.65. The molecule has 2 aromatic carbocycles. The molecule has 0 saturated heterocycles. The lowest BCUT2D eigenvalue weighted by atomic mass is 10.1. The first kappa shape index (κ1) is 18.4. The van der Waals surface area contributed by atoms with Crippen LogP contribution in [0, 0.1) is 0 Å². The Bertz CT molecular complexity index is 585. The third-order valence-corrected chi connectivity index (χ3v) is 3.69.